The summed E-state index contributed by atoms with van der Waals surface area (Å²) in [5.41, 5.74) is 0. The van der Waals surface area contributed by atoms with Crippen LogP contribution in [0.4, 0.5) is 0 Å². The lowest BCUT2D eigenvalue weighted by atomic mass is 9.99. The molecule has 0 bridgehead atoms. The summed E-state index contributed by atoms with van der Waals surface area (Å²) in [7, 11) is 2.15. The SMILES string of the molecule is CC#CCN(C)CC1CCCNC1. The molecule has 1 saturated heterocycles. The van der Waals surface area contributed by atoms with Crippen molar-refractivity contribution in [2.75, 3.05) is 33.2 Å². The van der Waals surface area contributed by atoms with Gasteiger partial charge in [0.25, 0.3) is 0 Å². The molecule has 0 amide bonds. The van der Waals surface area contributed by atoms with Crippen LogP contribution in [0.15, 0.2) is 0 Å². The quantitative estimate of drug-likeness (QED) is 0.650. The summed E-state index contributed by atoms with van der Waals surface area (Å²) in [6, 6.07) is 0. The molecule has 1 aliphatic rings. The van der Waals surface area contributed by atoms with Gasteiger partial charge < -0.3 is 5.32 Å². The van der Waals surface area contributed by atoms with Crippen molar-refractivity contribution < 1.29 is 0 Å². The fourth-order valence-corrected chi connectivity index (χ4v) is 1.80. The van der Waals surface area contributed by atoms with Crippen LogP contribution in [0.5, 0.6) is 0 Å². The zero-order valence-corrected chi connectivity index (χ0v) is 8.77. The minimum absolute atomic E-state index is 0.831. The number of nitrogens with zero attached hydrogens (tertiary/aromatic N) is 1. The molecule has 0 aromatic heterocycles. The fourth-order valence-electron chi connectivity index (χ4n) is 1.80. The molecule has 1 heterocycles. The van der Waals surface area contributed by atoms with Gasteiger partial charge in [0.05, 0.1) is 6.54 Å². The van der Waals surface area contributed by atoms with Crippen molar-refractivity contribution in [1.82, 2.24) is 10.2 Å². The number of hydrogen-bond donors (Lipinski definition) is 1. The van der Waals surface area contributed by atoms with Crippen molar-refractivity contribution in [2.45, 2.75) is 19.8 Å². The zero-order valence-electron chi connectivity index (χ0n) is 8.77. The second-order valence-electron chi connectivity index (χ2n) is 3.84. The van der Waals surface area contributed by atoms with E-state index < -0.39 is 0 Å². The lowest BCUT2D eigenvalue weighted by molar-refractivity contribution is 0.262. The molecule has 1 N–H and O–H groups in total. The summed E-state index contributed by atoms with van der Waals surface area (Å²) in [6.45, 7) is 6.38. The van der Waals surface area contributed by atoms with Crippen LogP contribution in [-0.2, 0) is 0 Å². The van der Waals surface area contributed by atoms with Crippen LogP contribution in [0, 0.1) is 17.8 Å². The average Bonchev–Trinajstić information content (AvgIpc) is 2.16. The van der Waals surface area contributed by atoms with E-state index in [9.17, 15) is 0 Å². The minimum atomic E-state index is 0.831. The lowest BCUT2D eigenvalue weighted by Crippen LogP contribution is -2.36. The predicted molar refractivity (Wildman–Crippen MR) is 56.5 cm³/mol. The van der Waals surface area contributed by atoms with Gasteiger partial charge in [-0.2, -0.15) is 0 Å². The first-order valence-corrected chi connectivity index (χ1v) is 5.12. The maximum absolute atomic E-state index is 3.43. The van der Waals surface area contributed by atoms with Crippen molar-refractivity contribution >= 4 is 0 Å². The smallest absolute Gasteiger partial charge is 0.0599 e. The van der Waals surface area contributed by atoms with Gasteiger partial charge in [-0.3, -0.25) is 4.90 Å². The Bertz CT molecular complexity index is 184. The Hall–Kier alpha value is -0.520. The Labute approximate surface area is 81.7 Å². The molecule has 1 aliphatic heterocycles. The van der Waals surface area contributed by atoms with Crippen LogP contribution in [0.2, 0.25) is 0 Å². The van der Waals surface area contributed by atoms with E-state index in [4.69, 9.17) is 0 Å². The highest BCUT2D eigenvalue weighted by Gasteiger charge is 2.13. The number of rotatable bonds is 3. The Morgan fingerprint density at radius 3 is 3.00 bits per heavy atom. The van der Waals surface area contributed by atoms with Gasteiger partial charge in [-0.15, -0.1) is 5.92 Å². The first-order valence-electron chi connectivity index (χ1n) is 5.12. The molecule has 2 heteroatoms. The van der Waals surface area contributed by atoms with Gasteiger partial charge in [-0.05, 0) is 45.8 Å². The third kappa shape index (κ3) is 4.31. The molecule has 0 aromatic carbocycles. The second-order valence-corrected chi connectivity index (χ2v) is 3.84. The third-order valence-electron chi connectivity index (χ3n) is 2.49. The molecule has 0 aromatic rings. The van der Waals surface area contributed by atoms with Crippen molar-refractivity contribution in [3.05, 3.63) is 0 Å². The van der Waals surface area contributed by atoms with Gasteiger partial charge in [0.1, 0.15) is 0 Å². The topological polar surface area (TPSA) is 15.3 Å². The minimum Gasteiger partial charge on any atom is -0.316 e. The molecule has 13 heavy (non-hydrogen) atoms. The standard InChI is InChI=1S/C11H20N2/c1-3-4-8-13(2)10-11-6-5-7-12-9-11/h11-12H,5-10H2,1-2H3. The van der Waals surface area contributed by atoms with Gasteiger partial charge in [0.2, 0.25) is 0 Å². The molecular weight excluding hydrogens is 160 g/mol. The van der Waals surface area contributed by atoms with E-state index in [2.05, 4.69) is 29.1 Å². The number of nitrogens with one attached hydrogen (secondary N) is 1. The van der Waals surface area contributed by atoms with Crippen LogP contribution in [0.25, 0.3) is 0 Å². The van der Waals surface area contributed by atoms with Crippen LogP contribution >= 0.6 is 0 Å². The molecule has 0 spiro atoms. The molecule has 0 radical (unpaired) electrons. The Balaban J connectivity index is 2.16. The Morgan fingerprint density at radius 2 is 2.38 bits per heavy atom. The van der Waals surface area contributed by atoms with Crippen LogP contribution in [0.1, 0.15) is 19.8 Å². The normalized spacial score (nSPS) is 22.5. The summed E-state index contributed by atoms with van der Waals surface area (Å²) in [5, 5.41) is 3.43. The average molecular weight is 180 g/mol. The van der Waals surface area contributed by atoms with Crippen LogP contribution in [0.3, 0.4) is 0 Å². The van der Waals surface area contributed by atoms with E-state index in [1.807, 2.05) is 6.92 Å². The van der Waals surface area contributed by atoms with E-state index >= 15 is 0 Å². The van der Waals surface area contributed by atoms with Crippen molar-refractivity contribution in [2.24, 2.45) is 5.92 Å². The Kier molecular flexibility index (Phi) is 4.88. The van der Waals surface area contributed by atoms with E-state index in [1.54, 1.807) is 0 Å². The molecule has 1 atom stereocenters. The van der Waals surface area contributed by atoms with Gasteiger partial charge in [0, 0.05) is 6.54 Å². The largest absolute Gasteiger partial charge is 0.316 e. The summed E-state index contributed by atoms with van der Waals surface area (Å²) in [5.74, 6) is 6.85. The molecule has 74 valence electrons. The van der Waals surface area contributed by atoms with E-state index in [1.165, 1.54) is 32.5 Å². The molecule has 0 saturated carbocycles. The molecule has 1 fully saturated rings. The number of hydrogen-bond acceptors (Lipinski definition) is 2. The summed E-state index contributed by atoms with van der Waals surface area (Å²) < 4.78 is 0. The monoisotopic (exact) mass is 180 g/mol. The van der Waals surface area contributed by atoms with Crippen LogP contribution < -0.4 is 5.32 Å². The number of piperidine rings is 1. The highest BCUT2D eigenvalue weighted by Crippen LogP contribution is 2.10. The molecule has 1 rings (SSSR count). The highest BCUT2D eigenvalue weighted by atomic mass is 15.1. The lowest BCUT2D eigenvalue weighted by Gasteiger charge is -2.26. The summed E-state index contributed by atoms with van der Waals surface area (Å²) in [4.78, 5) is 2.31. The maximum Gasteiger partial charge on any atom is 0.0599 e. The molecule has 1 unspecified atom stereocenters. The van der Waals surface area contributed by atoms with Crippen molar-refractivity contribution in [1.29, 1.82) is 0 Å². The van der Waals surface area contributed by atoms with E-state index in [0.29, 0.717) is 0 Å². The third-order valence-corrected chi connectivity index (χ3v) is 2.49. The first-order chi connectivity index (χ1) is 6.33. The fraction of sp³-hybridized carbons (Fsp3) is 0.818. The first kappa shape index (κ1) is 10.6. The Morgan fingerprint density at radius 1 is 1.54 bits per heavy atom. The maximum atomic E-state index is 3.43. The van der Waals surface area contributed by atoms with Gasteiger partial charge in [-0.1, -0.05) is 5.92 Å². The molecule has 0 aliphatic carbocycles. The van der Waals surface area contributed by atoms with Gasteiger partial charge in [-0.25, -0.2) is 0 Å². The highest BCUT2D eigenvalue weighted by molar-refractivity contribution is 4.97. The summed E-state index contributed by atoms with van der Waals surface area (Å²) in [6.07, 6.45) is 2.70. The van der Waals surface area contributed by atoms with Gasteiger partial charge >= 0.3 is 0 Å². The van der Waals surface area contributed by atoms with Crippen molar-refractivity contribution in [3.63, 3.8) is 0 Å². The van der Waals surface area contributed by atoms with Crippen LogP contribution in [-0.4, -0.2) is 38.1 Å². The molecular formula is C11H20N2. The molecule has 2 nitrogen and oxygen atoms in total. The second kappa shape index (κ2) is 6.01. The van der Waals surface area contributed by atoms with E-state index in [-0.39, 0.29) is 0 Å². The van der Waals surface area contributed by atoms with E-state index in [0.717, 1.165) is 12.5 Å². The predicted octanol–water partition coefficient (Wildman–Crippen LogP) is 0.941. The zero-order chi connectivity index (χ0) is 9.52. The van der Waals surface area contributed by atoms with Crippen molar-refractivity contribution in [3.8, 4) is 11.8 Å². The summed E-state index contributed by atoms with van der Waals surface area (Å²) >= 11 is 0. The van der Waals surface area contributed by atoms with Gasteiger partial charge in [0.15, 0.2) is 0 Å².